The average molecular weight is 399 g/mol. The summed E-state index contributed by atoms with van der Waals surface area (Å²) in [7, 11) is 1.78. The molecule has 1 aliphatic carbocycles. The highest BCUT2D eigenvalue weighted by Crippen LogP contribution is 2.40. The molecule has 1 saturated carbocycles. The van der Waals surface area contributed by atoms with Crippen molar-refractivity contribution >= 4 is 5.96 Å². The molecular weight excluding hydrogens is 364 g/mol. The monoisotopic (exact) mass is 398 g/mol. The van der Waals surface area contributed by atoms with Crippen molar-refractivity contribution in [3.63, 3.8) is 0 Å². The quantitative estimate of drug-likeness (QED) is 0.487. The summed E-state index contributed by atoms with van der Waals surface area (Å²) < 4.78 is 11.2. The SMILES string of the molecule is CCNC(=NCc1ncc(-c2ccc(C)cc2)o1)NCC1(CCOC)CCCC1. The molecule has 1 heterocycles. The van der Waals surface area contributed by atoms with Gasteiger partial charge in [0.15, 0.2) is 11.7 Å². The molecule has 2 aromatic rings. The largest absolute Gasteiger partial charge is 0.439 e. The van der Waals surface area contributed by atoms with Crippen molar-refractivity contribution < 1.29 is 9.15 Å². The highest BCUT2D eigenvalue weighted by molar-refractivity contribution is 5.79. The third-order valence-corrected chi connectivity index (χ3v) is 5.74. The van der Waals surface area contributed by atoms with Crippen LogP contribution in [0.1, 0.15) is 50.5 Å². The van der Waals surface area contributed by atoms with Gasteiger partial charge in [0, 0.05) is 32.4 Å². The number of benzene rings is 1. The van der Waals surface area contributed by atoms with Crippen molar-refractivity contribution in [2.24, 2.45) is 10.4 Å². The lowest BCUT2D eigenvalue weighted by Gasteiger charge is -2.29. The van der Waals surface area contributed by atoms with E-state index in [0.717, 1.165) is 43.4 Å². The first kappa shape index (κ1) is 21.4. The number of nitrogens with one attached hydrogen (secondary N) is 2. The number of oxazole rings is 1. The van der Waals surface area contributed by atoms with E-state index in [9.17, 15) is 0 Å². The van der Waals surface area contributed by atoms with Gasteiger partial charge in [0.2, 0.25) is 5.89 Å². The molecule has 29 heavy (non-hydrogen) atoms. The Hall–Kier alpha value is -2.34. The molecule has 0 atom stereocenters. The van der Waals surface area contributed by atoms with Gasteiger partial charge in [-0.15, -0.1) is 0 Å². The number of hydrogen-bond acceptors (Lipinski definition) is 4. The molecule has 0 bridgehead atoms. The highest BCUT2D eigenvalue weighted by atomic mass is 16.5. The Kier molecular flexibility index (Phi) is 7.69. The molecule has 0 aliphatic heterocycles. The van der Waals surface area contributed by atoms with Crippen LogP contribution < -0.4 is 10.6 Å². The summed E-state index contributed by atoms with van der Waals surface area (Å²) in [6, 6.07) is 8.25. The summed E-state index contributed by atoms with van der Waals surface area (Å²) >= 11 is 0. The van der Waals surface area contributed by atoms with Gasteiger partial charge in [-0.2, -0.15) is 0 Å². The first-order valence-electron chi connectivity index (χ1n) is 10.7. The maximum Gasteiger partial charge on any atom is 0.216 e. The Morgan fingerprint density at radius 3 is 2.66 bits per heavy atom. The molecule has 0 unspecified atom stereocenters. The zero-order valence-corrected chi connectivity index (χ0v) is 18.0. The lowest BCUT2D eigenvalue weighted by Crippen LogP contribution is -2.43. The molecule has 2 N–H and O–H groups in total. The van der Waals surface area contributed by atoms with Crippen LogP contribution in [0.15, 0.2) is 39.9 Å². The zero-order valence-electron chi connectivity index (χ0n) is 18.0. The molecule has 0 spiro atoms. The minimum absolute atomic E-state index is 0.313. The fourth-order valence-corrected chi connectivity index (χ4v) is 3.95. The zero-order chi connectivity index (χ0) is 20.5. The molecule has 0 amide bonds. The Bertz CT molecular complexity index is 776. The van der Waals surface area contributed by atoms with E-state index in [4.69, 9.17) is 9.15 Å². The van der Waals surface area contributed by atoms with Crippen LogP contribution in [0.3, 0.4) is 0 Å². The van der Waals surface area contributed by atoms with Gasteiger partial charge in [-0.1, -0.05) is 42.7 Å². The molecule has 0 radical (unpaired) electrons. The van der Waals surface area contributed by atoms with Crippen molar-refractivity contribution in [1.29, 1.82) is 0 Å². The number of nitrogens with zero attached hydrogens (tertiary/aromatic N) is 2. The maximum atomic E-state index is 5.90. The van der Waals surface area contributed by atoms with Gasteiger partial charge >= 0.3 is 0 Å². The van der Waals surface area contributed by atoms with Crippen molar-refractivity contribution in [3.8, 4) is 11.3 Å². The van der Waals surface area contributed by atoms with Crippen molar-refractivity contribution in [2.45, 2.75) is 52.5 Å². The second-order valence-electron chi connectivity index (χ2n) is 7.98. The third kappa shape index (κ3) is 6.07. The molecule has 6 heteroatoms. The van der Waals surface area contributed by atoms with E-state index in [1.165, 1.54) is 31.2 Å². The molecule has 0 saturated heterocycles. The van der Waals surface area contributed by atoms with E-state index in [0.29, 0.717) is 17.9 Å². The molecule has 1 fully saturated rings. The smallest absolute Gasteiger partial charge is 0.216 e. The van der Waals surface area contributed by atoms with Crippen molar-refractivity contribution in [2.75, 3.05) is 26.8 Å². The minimum Gasteiger partial charge on any atom is -0.439 e. The first-order chi connectivity index (χ1) is 14.1. The number of aromatic nitrogens is 1. The van der Waals surface area contributed by atoms with Crippen LogP contribution in [-0.4, -0.2) is 37.7 Å². The standard InChI is InChI=1S/C23H34N4O2/c1-4-24-22(27-17-23(13-14-28-3)11-5-6-12-23)26-16-21-25-15-20(29-21)19-9-7-18(2)8-10-19/h7-10,15H,4-6,11-14,16-17H2,1-3H3,(H2,24,26,27). The normalized spacial score (nSPS) is 16.2. The number of ether oxygens (including phenoxy) is 1. The van der Waals surface area contributed by atoms with Gasteiger partial charge in [0.05, 0.1) is 6.20 Å². The van der Waals surface area contributed by atoms with Gasteiger partial charge in [-0.05, 0) is 38.5 Å². The van der Waals surface area contributed by atoms with Crippen molar-refractivity contribution in [1.82, 2.24) is 15.6 Å². The Morgan fingerprint density at radius 1 is 1.21 bits per heavy atom. The predicted octanol–water partition coefficient (Wildman–Crippen LogP) is 4.30. The number of rotatable bonds is 9. The van der Waals surface area contributed by atoms with Crippen molar-refractivity contribution in [3.05, 3.63) is 41.9 Å². The van der Waals surface area contributed by atoms with Gasteiger partial charge in [0.1, 0.15) is 6.54 Å². The number of methoxy groups -OCH3 is 1. The molecular formula is C23H34N4O2. The average Bonchev–Trinajstić information content (AvgIpc) is 3.39. The summed E-state index contributed by atoms with van der Waals surface area (Å²) in [6.45, 7) is 7.11. The van der Waals surface area contributed by atoms with Crippen LogP contribution in [0.2, 0.25) is 0 Å². The second-order valence-corrected chi connectivity index (χ2v) is 7.98. The van der Waals surface area contributed by atoms with Gasteiger partial charge in [-0.25, -0.2) is 9.98 Å². The number of hydrogen-bond donors (Lipinski definition) is 2. The first-order valence-corrected chi connectivity index (χ1v) is 10.7. The highest BCUT2D eigenvalue weighted by Gasteiger charge is 2.33. The fourth-order valence-electron chi connectivity index (χ4n) is 3.95. The van der Waals surface area contributed by atoms with Crippen LogP contribution in [0.5, 0.6) is 0 Å². The number of aliphatic imine (C=N–C) groups is 1. The van der Waals surface area contributed by atoms with Gasteiger partial charge in [-0.3, -0.25) is 0 Å². The fraction of sp³-hybridized carbons (Fsp3) is 0.565. The van der Waals surface area contributed by atoms with Crippen LogP contribution in [-0.2, 0) is 11.3 Å². The van der Waals surface area contributed by atoms with E-state index < -0.39 is 0 Å². The maximum absolute atomic E-state index is 5.90. The van der Waals surface area contributed by atoms with Gasteiger partial charge in [0.25, 0.3) is 0 Å². The van der Waals surface area contributed by atoms with E-state index in [2.05, 4.69) is 58.7 Å². The van der Waals surface area contributed by atoms with Gasteiger partial charge < -0.3 is 19.8 Å². The van der Waals surface area contributed by atoms with E-state index in [1.807, 2.05) is 0 Å². The van der Waals surface area contributed by atoms with Crippen LogP contribution in [0.4, 0.5) is 0 Å². The van der Waals surface area contributed by atoms with E-state index >= 15 is 0 Å². The lowest BCUT2D eigenvalue weighted by atomic mass is 9.83. The van der Waals surface area contributed by atoms with Crippen LogP contribution >= 0.6 is 0 Å². The molecule has 1 aromatic heterocycles. The predicted molar refractivity (Wildman–Crippen MR) is 117 cm³/mol. The van der Waals surface area contributed by atoms with E-state index in [1.54, 1.807) is 13.3 Å². The lowest BCUT2D eigenvalue weighted by molar-refractivity contribution is 0.138. The minimum atomic E-state index is 0.313. The summed E-state index contributed by atoms with van der Waals surface area (Å²) in [6.07, 6.45) is 7.98. The third-order valence-electron chi connectivity index (χ3n) is 5.74. The Morgan fingerprint density at radius 2 is 1.97 bits per heavy atom. The molecule has 3 rings (SSSR count). The summed E-state index contributed by atoms with van der Waals surface area (Å²) in [5.74, 6) is 2.21. The molecule has 6 nitrogen and oxygen atoms in total. The van der Waals surface area contributed by atoms with E-state index in [-0.39, 0.29) is 0 Å². The molecule has 1 aromatic carbocycles. The van der Waals surface area contributed by atoms with Crippen LogP contribution in [0.25, 0.3) is 11.3 Å². The topological polar surface area (TPSA) is 71.7 Å². The molecule has 158 valence electrons. The second kappa shape index (κ2) is 10.4. The Balaban J connectivity index is 1.61. The summed E-state index contributed by atoms with van der Waals surface area (Å²) in [5.41, 5.74) is 2.57. The molecule has 1 aliphatic rings. The van der Waals surface area contributed by atoms with Crippen LogP contribution in [0, 0.1) is 12.3 Å². The summed E-state index contributed by atoms with van der Waals surface area (Å²) in [4.78, 5) is 9.08. The number of guanidine groups is 1. The summed E-state index contributed by atoms with van der Waals surface area (Å²) in [5, 5.41) is 6.87. The number of aryl methyl sites for hydroxylation is 1. The Labute approximate surface area is 174 Å².